The molecule has 0 aliphatic carbocycles. The summed E-state index contributed by atoms with van der Waals surface area (Å²) in [5.41, 5.74) is 1.24. The number of rotatable bonds is 2. The molecule has 0 atom stereocenters. The van der Waals surface area contributed by atoms with Crippen LogP contribution >= 0.6 is 0 Å². The van der Waals surface area contributed by atoms with Gasteiger partial charge in [-0.1, -0.05) is 11.6 Å². The van der Waals surface area contributed by atoms with Gasteiger partial charge in [-0.05, 0) is 19.4 Å². The molecule has 0 saturated carbocycles. The van der Waals surface area contributed by atoms with Crippen molar-refractivity contribution < 1.29 is 8.42 Å². The molecule has 1 aromatic rings. The van der Waals surface area contributed by atoms with Crippen molar-refractivity contribution in [2.24, 2.45) is 0 Å². The zero-order valence-electron chi connectivity index (χ0n) is 8.47. The largest absolute Gasteiger partial charge is 0.266 e. The van der Waals surface area contributed by atoms with Crippen molar-refractivity contribution >= 4 is 10.0 Å². The number of nitrogens with zero attached hydrogens (tertiary/aromatic N) is 2. The Bertz CT molecular complexity index is 462. The molecule has 0 fully saturated rings. The molecule has 0 aromatic carbocycles. The molecule has 0 bridgehead atoms. The Hall–Kier alpha value is -1.14. The van der Waals surface area contributed by atoms with E-state index in [1.807, 2.05) is 13.0 Å². The third-order valence-corrected chi connectivity index (χ3v) is 4.29. The first-order valence-corrected chi connectivity index (χ1v) is 6.20. The molecule has 6 heteroatoms. The fourth-order valence-electron chi connectivity index (χ4n) is 1.50. The summed E-state index contributed by atoms with van der Waals surface area (Å²) >= 11 is 0. The standard InChI is InChI=1S/C9H13N3O2S/c1-8-3-6-12(7-4-8)15(13,14)9-2-5-10-11-9/h2-3,5H,4,6-7H2,1H3,(H,10,11). The van der Waals surface area contributed by atoms with Crippen LogP contribution in [0.15, 0.2) is 28.9 Å². The van der Waals surface area contributed by atoms with Crippen molar-refractivity contribution in [2.75, 3.05) is 13.1 Å². The predicted octanol–water partition coefficient (Wildman–Crippen LogP) is 0.750. The molecule has 0 spiro atoms. The number of sulfonamides is 1. The highest BCUT2D eigenvalue weighted by Gasteiger charge is 2.26. The number of hydrogen-bond acceptors (Lipinski definition) is 3. The maximum absolute atomic E-state index is 12.0. The normalized spacial score (nSPS) is 18.9. The summed E-state index contributed by atoms with van der Waals surface area (Å²) in [6.07, 6.45) is 4.18. The van der Waals surface area contributed by atoms with Crippen LogP contribution in [-0.2, 0) is 10.0 Å². The Morgan fingerprint density at radius 2 is 2.33 bits per heavy atom. The van der Waals surface area contributed by atoms with Crippen molar-refractivity contribution in [3.63, 3.8) is 0 Å². The minimum absolute atomic E-state index is 0.162. The maximum atomic E-state index is 12.0. The van der Waals surface area contributed by atoms with Crippen molar-refractivity contribution in [1.82, 2.24) is 14.5 Å². The fourth-order valence-corrected chi connectivity index (χ4v) is 2.78. The van der Waals surface area contributed by atoms with Crippen LogP contribution in [0.2, 0.25) is 0 Å². The monoisotopic (exact) mass is 227 g/mol. The summed E-state index contributed by atoms with van der Waals surface area (Å²) in [5, 5.41) is 6.30. The lowest BCUT2D eigenvalue weighted by atomic mass is 10.1. The quantitative estimate of drug-likeness (QED) is 0.758. The molecule has 0 radical (unpaired) electrons. The van der Waals surface area contributed by atoms with Gasteiger partial charge in [-0.3, -0.25) is 5.10 Å². The summed E-state index contributed by atoms with van der Waals surface area (Å²) in [7, 11) is -3.37. The van der Waals surface area contributed by atoms with Crippen LogP contribution in [0.3, 0.4) is 0 Å². The lowest BCUT2D eigenvalue weighted by Crippen LogP contribution is -2.34. The van der Waals surface area contributed by atoms with E-state index in [0.29, 0.717) is 13.1 Å². The topological polar surface area (TPSA) is 66.1 Å². The van der Waals surface area contributed by atoms with Gasteiger partial charge in [-0.2, -0.15) is 9.40 Å². The Labute approximate surface area is 88.8 Å². The van der Waals surface area contributed by atoms with Gasteiger partial charge in [-0.25, -0.2) is 8.42 Å². The van der Waals surface area contributed by atoms with E-state index in [4.69, 9.17) is 0 Å². The van der Waals surface area contributed by atoms with E-state index in [2.05, 4.69) is 10.2 Å². The number of hydrogen-bond donors (Lipinski definition) is 1. The Morgan fingerprint density at radius 3 is 2.87 bits per heavy atom. The molecule has 2 rings (SSSR count). The zero-order valence-corrected chi connectivity index (χ0v) is 9.29. The summed E-state index contributed by atoms with van der Waals surface area (Å²) in [4.78, 5) is 0. The van der Waals surface area contributed by atoms with Crippen LogP contribution in [0.1, 0.15) is 13.3 Å². The Kier molecular flexibility index (Phi) is 2.62. The number of aromatic amines is 1. The lowest BCUT2D eigenvalue weighted by Gasteiger charge is -2.23. The molecular formula is C9H13N3O2S. The first kappa shape index (κ1) is 10.4. The van der Waals surface area contributed by atoms with Gasteiger partial charge in [-0.15, -0.1) is 0 Å². The van der Waals surface area contributed by atoms with E-state index < -0.39 is 10.0 Å². The van der Waals surface area contributed by atoms with Crippen LogP contribution in [-0.4, -0.2) is 36.0 Å². The molecule has 1 aromatic heterocycles. The van der Waals surface area contributed by atoms with Gasteiger partial charge in [0, 0.05) is 13.1 Å². The SMILES string of the molecule is CC1=CCN(S(=O)(=O)c2ccn[nH]2)CC1. The maximum Gasteiger partial charge on any atom is 0.260 e. The van der Waals surface area contributed by atoms with Crippen molar-refractivity contribution in [3.05, 3.63) is 23.9 Å². The molecule has 0 unspecified atom stereocenters. The molecule has 1 aliphatic rings. The molecule has 82 valence electrons. The van der Waals surface area contributed by atoms with E-state index >= 15 is 0 Å². The summed E-state index contributed by atoms with van der Waals surface area (Å²) in [5.74, 6) is 0. The summed E-state index contributed by atoms with van der Waals surface area (Å²) in [6.45, 7) is 3.01. The molecule has 0 saturated heterocycles. The molecule has 15 heavy (non-hydrogen) atoms. The highest BCUT2D eigenvalue weighted by atomic mass is 32.2. The highest BCUT2D eigenvalue weighted by Crippen LogP contribution is 2.17. The molecule has 1 aliphatic heterocycles. The number of nitrogens with one attached hydrogen (secondary N) is 1. The molecular weight excluding hydrogens is 214 g/mol. The van der Waals surface area contributed by atoms with Crippen LogP contribution in [0.4, 0.5) is 0 Å². The minimum atomic E-state index is -3.37. The van der Waals surface area contributed by atoms with Gasteiger partial charge in [0.25, 0.3) is 10.0 Å². The Morgan fingerprint density at radius 1 is 1.53 bits per heavy atom. The molecule has 1 N–H and O–H groups in total. The van der Waals surface area contributed by atoms with Crippen molar-refractivity contribution in [2.45, 2.75) is 18.4 Å². The van der Waals surface area contributed by atoms with Gasteiger partial charge in [0.2, 0.25) is 0 Å². The molecule has 0 amide bonds. The van der Waals surface area contributed by atoms with E-state index in [9.17, 15) is 8.42 Å². The van der Waals surface area contributed by atoms with Gasteiger partial charge in [0.1, 0.15) is 0 Å². The van der Waals surface area contributed by atoms with E-state index in [0.717, 1.165) is 6.42 Å². The highest BCUT2D eigenvalue weighted by molar-refractivity contribution is 7.89. The van der Waals surface area contributed by atoms with Crippen LogP contribution in [0.5, 0.6) is 0 Å². The van der Waals surface area contributed by atoms with E-state index in [1.54, 1.807) is 0 Å². The smallest absolute Gasteiger partial charge is 0.260 e. The second-order valence-corrected chi connectivity index (χ2v) is 5.49. The first-order chi connectivity index (χ1) is 7.10. The summed E-state index contributed by atoms with van der Waals surface area (Å²) in [6, 6.07) is 1.47. The predicted molar refractivity (Wildman–Crippen MR) is 55.7 cm³/mol. The molecule has 2 heterocycles. The second kappa shape index (κ2) is 3.79. The van der Waals surface area contributed by atoms with Crippen molar-refractivity contribution in [3.8, 4) is 0 Å². The third kappa shape index (κ3) is 1.95. The number of H-pyrrole nitrogens is 1. The number of aromatic nitrogens is 2. The van der Waals surface area contributed by atoms with Crippen LogP contribution in [0, 0.1) is 0 Å². The van der Waals surface area contributed by atoms with E-state index in [-0.39, 0.29) is 5.03 Å². The van der Waals surface area contributed by atoms with Gasteiger partial charge in [0.15, 0.2) is 5.03 Å². The Balaban J connectivity index is 2.25. The van der Waals surface area contributed by atoms with Gasteiger partial charge in [0.05, 0.1) is 6.20 Å². The zero-order chi connectivity index (χ0) is 10.9. The average Bonchev–Trinajstić information content (AvgIpc) is 2.71. The van der Waals surface area contributed by atoms with Crippen molar-refractivity contribution in [1.29, 1.82) is 0 Å². The molecule has 5 nitrogen and oxygen atoms in total. The van der Waals surface area contributed by atoms with Crippen LogP contribution in [0.25, 0.3) is 0 Å². The fraction of sp³-hybridized carbons (Fsp3) is 0.444. The minimum Gasteiger partial charge on any atom is -0.266 e. The van der Waals surface area contributed by atoms with Gasteiger partial charge >= 0.3 is 0 Å². The first-order valence-electron chi connectivity index (χ1n) is 4.76. The second-order valence-electron chi connectivity index (χ2n) is 3.58. The van der Waals surface area contributed by atoms with Gasteiger partial charge < -0.3 is 0 Å². The van der Waals surface area contributed by atoms with Crippen LogP contribution < -0.4 is 0 Å². The lowest BCUT2D eigenvalue weighted by molar-refractivity contribution is 0.429. The average molecular weight is 227 g/mol. The van der Waals surface area contributed by atoms with E-state index in [1.165, 1.54) is 22.1 Å². The third-order valence-electron chi connectivity index (χ3n) is 2.49. The summed E-state index contributed by atoms with van der Waals surface area (Å²) < 4.78 is 25.4.